The fourth-order valence-corrected chi connectivity index (χ4v) is 13.7. The van der Waals surface area contributed by atoms with Gasteiger partial charge in [-0.05, 0) is 163 Å². The van der Waals surface area contributed by atoms with Gasteiger partial charge in [0.1, 0.15) is 17.7 Å². The Morgan fingerprint density at radius 2 is 1.42 bits per heavy atom. The maximum absolute atomic E-state index is 13.3. The third-order valence-corrected chi connectivity index (χ3v) is 17.2. The molecule has 64 heavy (non-hydrogen) atoms. The lowest BCUT2D eigenvalue weighted by Gasteiger charge is -2.61. The lowest BCUT2D eigenvalue weighted by molar-refractivity contribution is -0.145. The van der Waals surface area contributed by atoms with Gasteiger partial charge in [-0.1, -0.05) is 97.6 Å². The summed E-state index contributed by atoms with van der Waals surface area (Å²) in [4.78, 5) is 53.1. The molecule has 10 nitrogen and oxygen atoms in total. The van der Waals surface area contributed by atoms with Gasteiger partial charge in [-0.3, -0.25) is 9.69 Å². The molecule has 5 fully saturated rings. The van der Waals surface area contributed by atoms with Crippen molar-refractivity contribution in [3.8, 4) is 0 Å². The topological polar surface area (TPSA) is 123 Å². The molecule has 1 aliphatic heterocycles. The number of hydrogen-bond acceptors (Lipinski definition) is 7. The zero-order valence-corrected chi connectivity index (χ0v) is 42.0. The second kappa shape index (κ2) is 24.8. The van der Waals surface area contributed by atoms with Gasteiger partial charge in [0.2, 0.25) is 5.91 Å². The van der Waals surface area contributed by atoms with Gasteiger partial charge in [0, 0.05) is 32.0 Å². The SMILES string of the molecule is CCCCCCCCC=CCCCCCCCCNC(=O)O[C@@H]1CC[C@@]2(C)C(CCC3C2CC[C@@]2(C)C3CC[C@@H]2[C@H](C)CCC(=O)N[C@H]2C[C@@H](C(=O)OC)N(C(=O)OC(C)(C)C)C2)C1. The van der Waals surface area contributed by atoms with Crippen LogP contribution in [0.3, 0.4) is 0 Å². The smallest absolute Gasteiger partial charge is 0.411 e. The molecule has 0 bridgehead atoms. The molecule has 2 N–H and O–H groups in total. The Kier molecular flexibility index (Phi) is 20.3. The van der Waals surface area contributed by atoms with Crippen LogP contribution in [0.2, 0.25) is 0 Å². The van der Waals surface area contributed by atoms with E-state index in [1.54, 1.807) is 20.8 Å². The summed E-state index contributed by atoms with van der Waals surface area (Å²) in [5.41, 5.74) is -0.0745. The number of carbonyl (C=O) groups is 4. The number of methoxy groups -OCH3 is 1. The van der Waals surface area contributed by atoms with Crippen LogP contribution in [-0.2, 0) is 23.8 Å². The summed E-state index contributed by atoms with van der Waals surface area (Å²) in [5.74, 6) is 3.39. The van der Waals surface area contributed by atoms with E-state index >= 15 is 0 Å². The van der Waals surface area contributed by atoms with Gasteiger partial charge in [0.05, 0.1) is 7.11 Å². The van der Waals surface area contributed by atoms with Crippen LogP contribution in [0.1, 0.15) is 215 Å². The van der Waals surface area contributed by atoms with Crippen LogP contribution in [0.25, 0.3) is 0 Å². The number of likely N-dealkylation sites (tertiary alicyclic amines) is 1. The summed E-state index contributed by atoms with van der Waals surface area (Å²) in [7, 11) is 1.32. The molecule has 3 amide bonds. The normalized spacial score (nSPS) is 31.7. The highest BCUT2D eigenvalue weighted by molar-refractivity contribution is 5.83. The third kappa shape index (κ3) is 14.4. The Balaban J connectivity index is 0.967. The molecule has 4 unspecified atom stereocenters. The third-order valence-electron chi connectivity index (χ3n) is 17.2. The number of esters is 1. The van der Waals surface area contributed by atoms with Crippen molar-refractivity contribution in [3.05, 3.63) is 12.2 Å². The Labute approximate surface area is 389 Å². The average Bonchev–Trinajstić information content (AvgIpc) is 3.84. The quantitative estimate of drug-likeness (QED) is 0.0453. The number of carbonyl (C=O) groups excluding carboxylic acids is 4. The van der Waals surface area contributed by atoms with Crippen LogP contribution in [0.15, 0.2) is 12.2 Å². The highest BCUT2D eigenvalue weighted by atomic mass is 16.6. The van der Waals surface area contributed by atoms with Crippen LogP contribution in [-0.4, -0.2) is 73.0 Å². The van der Waals surface area contributed by atoms with Crippen molar-refractivity contribution < 1.29 is 33.4 Å². The van der Waals surface area contributed by atoms with Crippen LogP contribution in [0, 0.1) is 46.3 Å². The second-order valence-electron chi connectivity index (χ2n) is 22.7. The molecular weight excluding hydrogens is 803 g/mol. The number of hydrogen-bond donors (Lipinski definition) is 2. The lowest BCUT2D eigenvalue weighted by atomic mass is 9.44. The van der Waals surface area contributed by atoms with Crippen LogP contribution in [0.4, 0.5) is 9.59 Å². The molecule has 10 heteroatoms. The van der Waals surface area contributed by atoms with Crippen molar-refractivity contribution in [3.63, 3.8) is 0 Å². The van der Waals surface area contributed by atoms with Gasteiger partial charge in [-0.15, -0.1) is 0 Å². The van der Waals surface area contributed by atoms with Crippen molar-refractivity contribution >= 4 is 24.1 Å². The first kappa shape index (κ1) is 52.2. The van der Waals surface area contributed by atoms with Crippen LogP contribution >= 0.6 is 0 Å². The number of alkyl carbamates (subject to hydrolysis) is 1. The van der Waals surface area contributed by atoms with E-state index < -0.39 is 23.7 Å². The van der Waals surface area contributed by atoms with Crippen molar-refractivity contribution in [2.24, 2.45) is 46.3 Å². The molecule has 4 aliphatic carbocycles. The van der Waals surface area contributed by atoms with E-state index in [1.165, 1.54) is 128 Å². The molecule has 0 spiro atoms. The molecule has 0 aromatic rings. The summed E-state index contributed by atoms with van der Waals surface area (Å²) < 4.78 is 16.6. The predicted molar refractivity (Wildman–Crippen MR) is 257 cm³/mol. The molecule has 1 heterocycles. The van der Waals surface area contributed by atoms with Gasteiger partial charge in [-0.2, -0.15) is 0 Å². The minimum Gasteiger partial charge on any atom is -0.467 e. The Morgan fingerprint density at radius 3 is 2.09 bits per heavy atom. The first-order valence-corrected chi connectivity index (χ1v) is 26.6. The standard InChI is InChI=1S/C54H93N3O7/c1-9-10-11-12-13-14-15-16-17-18-19-20-21-22-23-24-35-55-50(60)63-42-31-33-53(6)40(36-42)26-27-43-45-29-28-44(54(45,7)34-32-46(43)53)39(2)25-30-48(58)56-41-37-47(49(59)62-8)57(38-41)51(61)64-52(3,4)5/h16-17,39-47H,9-15,18-38H2,1-8H3,(H,55,60)(H,56,58)/t39-,40?,41+,42-,43?,44-,45?,46?,47+,53+,54-/m1/s1. The highest BCUT2D eigenvalue weighted by Crippen LogP contribution is 2.68. The number of amides is 3. The van der Waals surface area contributed by atoms with E-state index in [-0.39, 0.29) is 30.7 Å². The molecule has 5 rings (SSSR count). The maximum atomic E-state index is 13.3. The number of allylic oxidation sites excluding steroid dienone is 2. The summed E-state index contributed by atoms with van der Waals surface area (Å²) in [6, 6.07) is -1.10. The van der Waals surface area contributed by atoms with E-state index in [4.69, 9.17) is 14.2 Å². The number of nitrogens with one attached hydrogen (secondary N) is 2. The van der Waals surface area contributed by atoms with Crippen LogP contribution < -0.4 is 10.6 Å². The molecule has 366 valence electrons. The number of rotatable bonds is 23. The van der Waals surface area contributed by atoms with Gasteiger partial charge >= 0.3 is 18.2 Å². The molecule has 11 atom stereocenters. The zero-order chi connectivity index (χ0) is 46.3. The molecule has 0 radical (unpaired) electrons. The van der Waals surface area contributed by atoms with E-state index in [0.717, 1.165) is 56.3 Å². The molecule has 1 saturated heterocycles. The number of unbranched alkanes of at least 4 members (excludes halogenated alkanes) is 12. The predicted octanol–water partition coefficient (Wildman–Crippen LogP) is 12.9. The molecular formula is C54H93N3O7. The minimum absolute atomic E-state index is 0.0213. The van der Waals surface area contributed by atoms with Gasteiger partial charge in [0.25, 0.3) is 0 Å². The molecule has 5 aliphatic rings. The van der Waals surface area contributed by atoms with Crippen molar-refractivity contribution in [2.75, 3.05) is 20.2 Å². The largest absolute Gasteiger partial charge is 0.467 e. The maximum Gasteiger partial charge on any atom is 0.411 e. The number of nitrogens with zero attached hydrogens (tertiary/aromatic N) is 1. The first-order chi connectivity index (χ1) is 30.6. The molecule has 4 saturated carbocycles. The Hall–Kier alpha value is -2.78. The van der Waals surface area contributed by atoms with E-state index in [1.807, 2.05) is 0 Å². The summed E-state index contributed by atoms with van der Waals surface area (Å²) in [6.07, 6.45) is 34.3. The average molecular weight is 896 g/mol. The second-order valence-corrected chi connectivity index (χ2v) is 22.7. The fourth-order valence-electron chi connectivity index (χ4n) is 13.7. The molecule has 0 aromatic heterocycles. The van der Waals surface area contributed by atoms with E-state index in [2.05, 4.69) is 50.5 Å². The molecule has 0 aromatic carbocycles. The lowest BCUT2D eigenvalue weighted by Crippen LogP contribution is -2.54. The number of ether oxygens (including phenoxy) is 3. The van der Waals surface area contributed by atoms with Crippen molar-refractivity contribution in [2.45, 2.75) is 239 Å². The monoisotopic (exact) mass is 896 g/mol. The van der Waals surface area contributed by atoms with Crippen molar-refractivity contribution in [1.29, 1.82) is 0 Å². The van der Waals surface area contributed by atoms with E-state index in [0.29, 0.717) is 48.0 Å². The minimum atomic E-state index is -0.774. The summed E-state index contributed by atoms with van der Waals surface area (Å²) >= 11 is 0. The summed E-state index contributed by atoms with van der Waals surface area (Å²) in [5, 5.41) is 6.20. The van der Waals surface area contributed by atoms with Gasteiger partial charge < -0.3 is 24.8 Å². The van der Waals surface area contributed by atoms with E-state index in [9.17, 15) is 19.2 Å². The van der Waals surface area contributed by atoms with Gasteiger partial charge in [-0.25, -0.2) is 14.4 Å². The van der Waals surface area contributed by atoms with Crippen LogP contribution in [0.5, 0.6) is 0 Å². The highest BCUT2D eigenvalue weighted by Gasteiger charge is 2.61. The first-order valence-electron chi connectivity index (χ1n) is 26.6. The summed E-state index contributed by atoms with van der Waals surface area (Å²) in [6.45, 7) is 16.1. The Morgan fingerprint density at radius 1 is 0.781 bits per heavy atom. The Bertz CT molecular complexity index is 1510. The number of fused-ring (bicyclic) bond motifs is 5. The fraction of sp³-hybridized carbons (Fsp3) is 0.889. The zero-order valence-electron chi connectivity index (χ0n) is 42.0. The van der Waals surface area contributed by atoms with Crippen molar-refractivity contribution in [1.82, 2.24) is 15.5 Å². The van der Waals surface area contributed by atoms with Gasteiger partial charge in [0.15, 0.2) is 0 Å².